The number of hydrogen-bond acceptors (Lipinski definition) is 8. The third kappa shape index (κ3) is 6.12. The molecular formula is C27H28F2N6O3. The molecule has 2 aromatic carbocycles. The van der Waals surface area contributed by atoms with E-state index in [-0.39, 0.29) is 17.7 Å². The van der Waals surface area contributed by atoms with Crippen LogP contribution in [0.2, 0.25) is 0 Å². The van der Waals surface area contributed by atoms with Crippen molar-refractivity contribution in [2.75, 3.05) is 51.3 Å². The van der Waals surface area contributed by atoms with Crippen molar-refractivity contribution < 1.29 is 18.0 Å². The van der Waals surface area contributed by atoms with Crippen LogP contribution in [0.1, 0.15) is 12.0 Å². The van der Waals surface area contributed by atoms with Gasteiger partial charge in [0.15, 0.2) is 0 Å². The van der Waals surface area contributed by atoms with Gasteiger partial charge in [0.05, 0.1) is 12.2 Å². The maximum absolute atomic E-state index is 13.7. The Bertz CT molecular complexity index is 1430. The number of anilines is 1. The molecule has 1 aliphatic heterocycles. The van der Waals surface area contributed by atoms with Crippen molar-refractivity contribution in [1.29, 1.82) is 0 Å². The predicted octanol–water partition coefficient (Wildman–Crippen LogP) is 3.45. The van der Waals surface area contributed by atoms with Gasteiger partial charge < -0.3 is 14.2 Å². The monoisotopic (exact) mass is 522 g/mol. The average Bonchev–Trinajstić information content (AvgIpc) is 3.41. The zero-order chi connectivity index (χ0) is 26.5. The summed E-state index contributed by atoms with van der Waals surface area (Å²) in [4.78, 5) is 21.5. The maximum Gasteiger partial charge on any atom is 0.324 e. The van der Waals surface area contributed by atoms with Crippen molar-refractivity contribution in [3.63, 3.8) is 0 Å². The van der Waals surface area contributed by atoms with Gasteiger partial charge in [-0.3, -0.25) is 9.69 Å². The summed E-state index contributed by atoms with van der Waals surface area (Å²) in [6, 6.07) is 13.8. The van der Waals surface area contributed by atoms with Crippen molar-refractivity contribution in [3.05, 3.63) is 82.1 Å². The molecule has 2 aromatic heterocycles. The molecule has 0 atom stereocenters. The van der Waals surface area contributed by atoms with E-state index in [9.17, 15) is 13.6 Å². The van der Waals surface area contributed by atoms with Crippen molar-refractivity contribution in [1.82, 2.24) is 24.8 Å². The van der Waals surface area contributed by atoms with Crippen LogP contribution < -0.4 is 10.5 Å². The lowest BCUT2D eigenvalue weighted by Gasteiger charge is -2.33. The fourth-order valence-corrected chi connectivity index (χ4v) is 4.46. The van der Waals surface area contributed by atoms with E-state index in [4.69, 9.17) is 9.26 Å². The van der Waals surface area contributed by atoms with Crippen molar-refractivity contribution in [2.24, 2.45) is 0 Å². The Balaban J connectivity index is 1.28. The lowest BCUT2D eigenvalue weighted by atomic mass is 10.1. The smallest absolute Gasteiger partial charge is 0.324 e. The lowest BCUT2D eigenvalue weighted by molar-refractivity contribution is 0.168. The fraction of sp³-hybridized carbons (Fsp3) is 0.333. The number of halogens is 2. The number of benzene rings is 2. The van der Waals surface area contributed by atoms with E-state index in [2.05, 4.69) is 25.0 Å². The molecule has 0 amide bonds. The van der Waals surface area contributed by atoms with Gasteiger partial charge >= 0.3 is 6.01 Å². The highest BCUT2D eigenvalue weighted by atomic mass is 19.1. The van der Waals surface area contributed by atoms with E-state index in [1.807, 2.05) is 24.3 Å². The van der Waals surface area contributed by atoms with Gasteiger partial charge in [0, 0.05) is 69.7 Å². The summed E-state index contributed by atoms with van der Waals surface area (Å²) in [6.45, 7) is 5.36. The highest BCUT2D eigenvalue weighted by molar-refractivity contribution is 5.59. The van der Waals surface area contributed by atoms with Gasteiger partial charge in [-0.15, -0.1) is 0 Å². The second-order valence-electron chi connectivity index (χ2n) is 9.15. The molecule has 0 bridgehead atoms. The largest absolute Gasteiger partial charge is 0.385 e. The Morgan fingerprint density at radius 3 is 2.53 bits per heavy atom. The summed E-state index contributed by atoms with van der Waals surface area (Å²) in [7, 11) is 1.72. The second kappa shape index (κ2) is 11.6. The minimum Gasteiger partial charge on any atom is -0.385 e. The van der Waals surface area contributed by atoms with Crippen LogP contribution in [0.4, 0.5) is 14.8 Å². The van der Waals surface area contributed by atoms with E-state index in [0.29, 0.717) is 17.5 Å². The molecular weight excluding hydrogens is 494 g/mol. The van der Waals surface area contributed by atoms with Crippen LogP contribution in [-0.2, 0) is 11.3 Å². The minimum atomic E-state index is -0.712. The van der Waals surface area contributed by atoms with Gasteiger partial charge in [-0.05, 0) is 36.2 Å². The minimum absolute atomic E-state index is 0.161. The standard InChI is InChI=1S/C27H28F2N6O3/c1-37-13-3-8-33-9-11-34(12-10-33)27-30-26(32-38-27)20-5-2-4-19(14-20)18-35-25(36)7-6-24(31-35)21-15-22(28)17-23(29)16-21/h2,4-7,14-17H,3,8-13,18H2,1H3. The second-order valence-corrected chi connectivity index (χ2v) is 9.15. The first-order chi connectivity index (χ1) is 18.5. The van der Waals surface area contributed by atoms with Crippen molar-refractivity contribution >= 4 is 6.01 Å². The summed E-state index contributed by atoms with van der Waals surface area (Å²) in [5.74, 6) is -0.972. The van der Waals surface area contributed by atoms with E-state index < -0.39 is 11.6 Å². The molecule has 1 saturated heterocycles. The number of hydrogen-bond donors (Lipinski definition) is 0. The van der Waals surface area contributed by atoms with Crippen LogP contribution in [0, 0.1) is 11.6 Å². The van der Waals surface area contributed by atoms with Crippen molar-refractivity contribution in [2.45, 2.75) is 13.0 Å². The third-order valence-corrected chi connectivity index (χ3v) is 6.42. The molecule has 0 aliphatic carbocycles. The first kappa shape index (κ1) is 25.7. The highest BCUT2D eigenvalue weighted by Crippen LogP contribution is 2.23. The molecule has 9 nitrogen and oxygen atoms in total. The Morgan fingerprint density at radius 1 is 0.974 bits per heavy atom. The molecule has 0 unspecified atom stereocenters. The predicted molar refractivity (Wildman–Crippen MR) is 138 cm³/mol. The molecule has 198 valence electrons. The zero-order valence-electron chi connectivity index (χ0n) is 21.0. The number of ether oxygens (including phenoxy) is 1. The van der Waals surface area contributed by atoms with Crippen LogP contribution >= 0.6 is 0 Å². The molecule has 3 heterocycles. The van der Waals surface area contributed by atoms with Crippen LogP contribution in [-0.4, -0.2) is 71.3 Å². The quantitative estimate of drug-likeness (QED) is 0.309. The van der Waals surface area contributed by atoms with E-state index >= 15 is 0 Å². The van der Waals surface area contributed by atoms with Gasteiger partial charge in [-0.1, -0.05) is 23.4 Å². The molecule has 1 fully saturated rings. The maximum atomic E-state index is 13.7. The Labute approximate surface area is 218 Å². The summed E-state index contributed by atoms with van der Waals surface area (Å²) in [6.07, 6.45) is 1.01. The van der Waals surface area contributed by atoms with Gasteiger partial charge in [0.1, 0.15) is 11.6 Å². The highest BCUT2D eigenvalue weighted by Gasteiger charge is 2.21. The molecule has 4 aromatic rings. The Hall–Kier alpha value is -3.96. The summed E-state index contributed by atoms with van der Waals surface area (Å²) >= 11 is 0. The number of piperazine rings is 1. The summed E-state index contributed by atoms with van der Waals surface area (Å²) in [5.41, 5.74) is 1.74. The molecule has 1 aliphatic rings. The molecule has 5 rings (SSSR count). The van der Waals surface area contributed by atoms with Crippen molar-refractivity contribution in [3.8, 4) is 22.6 Å². The van der Waals surface area contributed by atoms with E-state index in [0.717, 1.165) is 62.9 Å². The van der Waals surface area contributed by atoms with Gasteiger partial charge in [0.2, 0.25) is 5.82 Å². The SMILES string of the molecule is COCCCN1CCN(c2nc(-c3cccc(Cn4nc(-c5cc(F)cc(F)c5)ccc4=O)c3)no2)CC1. The van der Waals surface area contributed by atoms with E-state index in [1.54, 1.807) is 7.11 Å². The summed E-state index contributed by atoms with van der Waals surface area (Å²) in [5, 5.41) is 8.48. The Kier molecular flexibility index (Phi) is 7.85. The zero-order valence-corrected chi connectivity index (χ0v) is 21.0. The normalized spacial score (nSPS) is 14.2. The Morgan fingerprint density at radius 2 is 1.76 bits per heavy atom. The van der Waals surface area contributed by atoms with E-state index in [1.165, 1.54) is 28.9 Å². The molecule has 0 spiro atoms. The molecule has 38 heavy (non-hydrogen) atoms. The topological polar surface area (TPSA) is 89.5 Å². The average molecular weight is 523 g/mol. The first-order valence-corrected chi connectivity index (χ1v) is 12.4. The molecule has 0 radical (unpaired) electrons. The molecule has 0 N–H and O–H groups in total. The van der Waals surface area contributed by atoms with Gasteiger partial charge in [-0.25, -0.2) is 13.5 Å². The summed E-state index contributed by atoms with van der Waals surface area (Å²) < 4.78 is 39.3. The molecule has 11 heteroatoms. The van der Waals surface area contributed by atoms with Crippen LogP contribution in [0.5, 0.6) is 0 Å². The number of rotatable bonds is 9. The number of methoxy groups -OCH3 is 1. The first-order valence-electron chi connectivity index (χ1n) is 12.4. The number of nitrogens with zero attached hydrogens (tertiary/aromatic N) is 6. The van der Waals surface area contributed by atoms with Gasteiger partial charge in [-0.2, -0.15) is 10.1 Å². The molecule has 0 saturated carbocycles. The number of aromatic nitrogens is 4. The fourth-order valence-electron chi connectivity index (χ4n) is 4.46. The third-order valence-electron chi connectivity index (χ3n) is 6.42. The van der Waals surface area contributed by atoms with Crippen LogP contribution in [0.15, 0.2) is 63.9 Å². The lowest BCUT2D eigenvalue weighted by Crippen LogP contribution is -2.46. The van der Waals surface area contributed by atoms with Crippen LogP contribution in [0.25, 0.3) is 22.6 Å². The van der Waals surface area contributed by atoms with Gasteiger partial charge in [0.25, 0.3) is 5.56 Å². The van der Waals surface area contributed by atoms with Crippen LogP contribution in [0.3, 0.4) is 0 Å².